The monoisotopic (exact) mass is 502 g/mol. The number of methoxy groups -OCH3 is 1. The van der Waals surface area contributed by atoms with Crippen LogP contribution in [-0.2, 0) is 14.8 Å². The smallest absolute Gasteiger partial charge is 0.341 e. The molecule has 0 spiro atoms. The highest BCUT2D eigenvalue weighted by Crippen LogP contribution is 2.38. The highest BCUT2D eigenvalue weighted by Gasteiger charge is 2.27. The van der Waals surface area contributed by atoms with Gasteiger partial charge in [-0.15, -0.1) is 0 Å². The predicted molar refractivity (Wildman–Crippen MR) is 130 cm³/mol. The van der Waals surface area contributed by atoms with Gasteiger partial charge in [0.05, 0.1) is 10.4 Å². The van der Waals surface area contributed by atoms with Crippen molar-refractivity contribution in [3.63, 3.8) is 0 Å². The number of nitrogens with one attached hydrogen (secondary N) is 1. The third-order valence-electron chi connectivity index (χ3n) is 6.08. The number of hydrogen-bond acceptors (Lipinski definition) is 5. The third kappa shape index (κ3) is 5.44. The third-order valence-corrected chi connectivity index (χ3v) is 7.56. The number of halogens is 1. The molecule has 0 aliphatic heterocycles. The van der Waals surface area contributed by atoms with Gasteiger partial charge in [0.1, 0.15) is 11.4 Å². The molecule has 1 heterocycles. The fourth-order valence-electron chi connectivity index (χ4n) is 4.05. The standard InChI is InChI=1S/C25H27FN2O6S/c1-34-12-4-2-3-11-27-35(32,33)18-9-5-16(6-10-18)19-14-23-20(13-22(19)26)24(29)21(25(30)31)15-28(23)17-7-8-17/h5-6,9-10,13-15,17,27H,2-4,7-8,11-12H2,1H3,(H,30,31). The van der Waals surface area contributed by atoms with Gasteiger partial charge in [0.15, 0.2) is 0 Å². The normalized spacial score (nSPS) is 13.9. The van der Waals surface area contributed by atoms with Gasteiger partial charge in [-0.05, 0) is 61.9 Å². The number of aromatic carboxylic acids is 1. The molecule has 1 aliphatic rings. The zero-order valence-corrected chi connectivity index (χ0v) is 20.1. The molecule has 1 saturated carbocycles. The predicted octanol–water partition coefficient (Wildman–Crippen LogP) is 3.94. The van der Waals surface area contributed by atoms with Crippen molar-refractivity contribution in [3.8, 4) is 11.1 Å². The first-order valence-electron chi connectivity index (χ1n) is 11.4. The van der Waals surface area contributed by atoms with E-state index in [0.717, 1.165) is 31.7 Å². The van der Waals surface area contributed by atoms with Gasteiger partial charge in [0, 0.05) is 43.4 Å². The van der Waals surface area contributed by atoms with Gasteiger partial charge in [-0.2, -0.15) is 0 Å². The van der Waals surface area contributed by atoms with Gasteiger partial charge >= 0.3 is 5.97 Å². The van der Waals surface area contributed by atoms with E-state index < -0.39 is 32.8 Å². The topological polar surface area (TPSA) is 115 Å². The van der Waals surface area contributed by atoms with Crippen molar-refractivity contribution in [1.29, 1.82) is 0 Å². The summed E-state index contributed by atoms with van der Waals surface area (Å²) in [7, 11) is -2.08. The van der Waals surface area contributed by atoms with Crippen LogP contribution in [0.5, 0.6) is 0 Å². The Kier molecular flexibility index (Phi) is 7.34. The minimum absolute atomic E-state index is 0.00643. The number of unbranched alkanes of at least 4 members (excludes halogenated alkanes) is 2. The first kappa shape index (κ1) is 25.0. The molecule has 0 amide bonds. The van der Waals surface area contributed by atoms with E-state index in [1.807, 2.05) is 0 Å². The number of carboxylic acids is 1. The summed E-state index contributed by atoms with van der Waals surface area (Å²) in [6.45, 7) is 0.946. The molecule has 0 radical (unpaired) electrons. The average Bonchev–Trinajstić information content (AvgIpc) is 3.67. The SMILES string of the molecule is COCCCCCNS(=O)(=O)c1ccc(-c2cc3c(cc2F)c(=O)c(C(=O)O)cn3C2CC2)cc1. The minimum Gasteiger partial charge on any atom is -0.477 e. The summed E-state index contributed by atoms with van der Waals surface area (Å²) in [5.74, 6) is -2.04. The summed E-state index contributed by atoms with van der Waals surface area (Å²) < 4.78 is 49.5. The molecule has 35 heavy (non-hydrogen) atoms. The molecule has 0 saturated heterocycles. The number of sulfonamides is 1. The van der Waals surface area contributed by atoms with Gasteiger partial charge in [-0.3, -0.25) is 4.79 Å². The number of ether oxygens (including phenoxy) is 1. The summed E-state index contributed by atoms with van der Waals surface area (Å²) >= 11 is 0. The molecule has 4 rings (SSSR count). The zero-order valence-electron chi connectivity index (χ0n) is 19.3. The Hall–Kier alpha value is -3.08. The number of hydrogen-bond donors (Lipinski definition) is 2. The van der Waals surface area contributed by atoms with E-state index in [0.29, 0.717) is 30.7 Å². The Morgan fingerprint density at radius 3 is 2.51 bits per heavy atom. The van der Waals surface area contributed by atoms with Gasteiger partial charge in [0.25, 0.3) is 0 Å². The number of pyridine rings is 1. The van der Waals surface area contributed by atoms with Crippen LogP contribution in [0.2, 0.25) is 0 Å². The van der Waals surface area contributed by atoms with E-state index in [1.54, 1.807) is 11.7 Å². The molecule has 186 valence electrons. The van der Waals surface area contributed by atoms with Crippen LogP contribution in [0.15, 0.2) is 52.3 Å². The molecule has 1 aromatic heterocycles. The molecule has 0 bridgehead atoms. The molecule has 0 unspecified atom stereocenters. The fourth-order valence-corrected chi connectivity index (χ4v) is 5.12. The van der Waals surface area contributed by atoms with E-state index in [1.165, 1.54) is 36.5 Å². The lowest BCUT2D eigenvalue weighted by Gasteiger charge is -2.14. The molecular weight excluding hydrogens is 475 g/mol. The van der Waals surface area contributed by atoms with E-state index in [-0.39, 0.29) is 21.9 Å². The molecule has 8 nitrogen and oxygen atoms in total. The zero-order chi connectivity index (χ0) is 25.2. The van der Waals surface area contributed by atoms with Crippen molar-refractivity contribution in [2.75, 3.05) is 20.3 Å². The van der Waals surface area contributed by atoms with Crippen molar-refractivity contribution in [2.45, 2.75) is 43.0 Å². The molecule has 3 aromatic rings. The van der Waals surface area contributed by atoms with Crippen LogP contribution < -0.4 is 10.2 Å². The summed E-state index contributed by atoms with van der Waals surface area (Å²) in [6, 6.07) is 8.50. The molecule has 1 aliphatic carbocycles. The first-order valence-corrected chi connectivity index (χ1v) is 12.9. The van der Waals surface area contributed by atoms with E-state index >= 15 is 4.39 Å². The second kappa shape index (κ2) is 10.3. The van der Waals surface area contributed by atoms with Crippen molar-refractivity contribution in [2.24, 2.45) is 0 Å². The summed E-state index contributed by atoms with van der Waals surface area (Å²) in [6.07, 6.45) is 5.40. The maximum absolute atomic E-state index is 15.1. The summed E-state index contributed by atoms with van der Waals surface area (Å²) in [4.78, 5) is 24.2. The average molecular weight is 503 g/mol. The second-order valence-electron chi connectivity index (χ2n) is 8.64. The van der Waals surface area contributed by atoms with Crippen LogP contribution in [0.25, 0.3) is 22.0 Å². The van der Waals surface area contributed by atoms with Gasteiger partial charge in [-0.25, -0.2) is 22.3 Å². The van der Waals surface area contributed by atoms with E-state index in [9.17, 15) is 23.1 Å². The Bertz CT molecular complexity index is 1410. The Morgan fingerprint density at radius 1 is 1.17 bits per heavy atom. The van der Waals surface area contributed by atoms with Crippen LogP contribution in [0.3, 0.4) is 0 Å². The number of nitrogens with zero attached hydrogens (tertiary/aromatic N) is 1. The number of carboxylic acid groups (broad SMARTS) is 1. The Labute approximate surface area is 202 Å². The van der Waals surface area contributed by atoms with Crippen molar-refractivity contribution in [1.82, 2.24) is 9.29 Å². The number of benzene rings is 2. The van der Waals surface area contributed by atoms with Gasteiger partial charge in [0.2, 0.25) is 15.5 Å². The lowest BCUT2D eigenvalue weighted by molar-refractivity contribution is 0.0694. The Morgan fingerprint density at radius 2 is 1.89 bits per heavy atom. The first-order chi connectivity index (χ1) is 16.7. The summed E-state index contributed by atoms with van der Waals surface area (Å²) in [5.41, 5.74) is -0.0305. The summed E-state index contributed by atoms with van der Waals surface area (Å²) in [5, 5.41) is 9.39. The van der Waals surface area contributed by atoms with Gasteiger partial charge in [-0.1, -0.05) is 12.1 Å². The number of carbonyl (C=O) groups is 1. The van der Waals surface area contributed by atoms with Crippen LogP contribution in [-0.4, -0.2) is 44.3 Å². The maximum atomic E-state index is 15.1. The van der Waals surface area contributed by atoms with Crippen molar-refractivity contribution in [3.05, 3.63) is 64.2 Å². The highest BCUT2D eigenvalue weighted by molar-refractivity contribution is 7.89. The molecule has 0 atom stereocenters. The fraction of sp³-hybridized carbons (Fsp3) is 0.360. The number of fused-ring (bicyclic) bond motifs is 1. The maximum Gasteiger partial charge on any atom is 0.341 e. The minimum atomic E-state index is -3.70. The van der Waals surface area contributed by atoms with Crippen LogP contribution in [0.4, 0.5) is 4.39 Å². The van der Waals surface area contributed by atoms with Gasteiger partial charge < -0.3 is 14.4 Å². The number of rotatable bonds is 11. The molecule has 10 heteroatoms. The molecule has 2 N–H and O–H groups in total. The van der Waals surface area contributed by atoms with Crippen LogP contribution >= 0.6 is 0 Å². The largest absolute Gasteiger partial charge is 0.477 e. The van der Waals surface area contributed by atoms with E-state index in [2.05, 4.69) is 4.72 Å². The number of aromatic nitrogens is 1. The quantitative estimate of drug-likeness (QED) is 0.384. The molecule has 1 fully saturated rings. The van der Waals surface area contributed by atoms with Crippen LogP contribution in [0.1, 0.15) is 48.5 Å². The highest BCUT2D eigenvalue weighted by atomic mass is 32.2. The van der Waals surface area contributed by atoms with E-state index in [4.69, 9.17) is 4.74 Å². The molecule has 2 aromatic carbocycles. The van der Waals surface area contributed by atoms with Crippen LogP contribution in [0, 0.1) is 5.82 Å². The second-order valence-corrected chi connectivity index (χ2v) is 10.4. The Balaban J connectivity index is 1.62. The molecular formula is C25H27FN2O6S. The lowest BCUT2D eigenvalue weighted by Crippen LogP contribution is -2.24. The lowest BCUT2D eigenvalue weighted by atomic mass is 10.0. The van der Waals surface area contributed by atoms with Crippen molar-refractivity contribution < 1.29 is 27.4 Å². The van der Waals surface area contributed by atoms with Crippen molar-refractivity contribution >= 4 is 26.9 Å².